The average molecular weight is 493 g/mol. The Morgan fingerprint density at radius 1 is 0.838 bits per heavy atom. The van der Waals surface area contributed by atoms with Crippen molar-refractivity contribution in [3.8, 4) is 5.75 Å². The normalized spacial score (nSPS) is 23.5. The number of nitrogens with zero attached hydrogens (tertiary/aromatic N) is 2. The number of hydrogen-bond acceptors (Lipinski definition) is 6. The minimum Gasteiger partial charge on any atom is -0.424 e. The molecule has 3 aliphatic rings. The molecule has 37 heavy (non-hydrogen) atoms. The zero-order valence-electron chi connectivity index (χ0n) is 20.3. The van der Waals surface area contributed by atoms with Gasteiger partial charge in [-0.3, -0.25) is 19.2 Å². The summed E-state index contributed by atoms with van der Waals surface area (Å²) in [7, 11) is 0. The van der Waals surface area contributed by atoms with E-state index in [0.29, 0.717) is 22.7 Å². The van der Waals surface area contributed by atoms with Gasteiger partial charge in [0.25, 0.3) is 0 Å². The number of carbonyl (C=O) groups excluding carboxylic acids is 4. The fourth-order valence-electron chi connectivity index (χ4n) is 5.84. The topological polar surface area (TPSA) is 84.0 Å². The molecule has 184 valence electrons. The van der Waals surface area contributed by atoms with E-state index in [1.165, 1.54) is 11.8 Å². The Hall–Kier alpha value is -4.52. The molecule has 3 aromatic carbocycles. The second kappa shape index (κ2) is 8.55. The summed E-state index contributed by atoms with van der Waals surface area (Å²) in [5.41, 5.74) is 3.24. The molecule has 0 radical (unpaired) electrons. The van der Waals surface area contributed by atoms with E-state index in [-0.39, 0.29) is 11.7 Å². The summed E-state index contributed by atoms with van der Waals surface area (Å²) < 4.78 is 5.53. The summed E-state index contributed by atoms with van der Waals surface area (Å²) in [5.74, 6) is -2.86. The predicted octanol–water partition coefficient (Wildman–Crippen LogP) is 4.19. The summed E-state index contributed by atoms with van der Waals surface area (Å²) >= 11 is 0. The van der Waals surface area contributed by atoms with E-state index in [4.69, 9.17) is 4.74 Å². The third-order valence-corrected chi connectivity index (χ3v) is 7.36. The van der Waals surface area contributed by atoms with Gasteiger partial charge in [0.05, 0.1) is 29.3 Å². The number of anilines is 2. The van der Waals surface area contributed by atoms with Gasteiger partial charge in [-0.2, -0.15) is 0 Å². The molecular formula is C30H24N2O5. The van der Waals surface area contributed by atoms with Crippen LogP contribution in [0, 0.1) is 18.8 Å². The molecule has 0 spiro atoms. The lowest BCUT2D eigenvalue weighted by atomic mass is 9.86. The maximum Gasteiger partial charge on any atom is 0.308 e. The van der Waals surface area contributed by atoms with Crippen LogP contribution in [0.2, 0.25) is 0 Å². The Kier molecular flexibility index (Phi) is 5.30. The minimum absolute atomic E-state index is 0.260. The number of carbonyl (C=O) groups is 4. The summed E-state index contributed by atoms with van der Waals surface area (Å²) in [5, 5.41) is 0. The molecule has 0 saturated carbocycles. The van der Waals surface area contributed by atoms with Crippen molar-refractivity contribution in [3.05, 3.63) is 95.6 Å². The van der Waals surface area contributed by atoms with E-state index < -0.39 is 35.8 Å². The maximum absolute atomic E-state index is 14.1. The molecule has 4 atom stereocenters. The van der Waals surface area contributed by atoms with Crippen LogP contribution in [-0.2, 0) is 14.4 Å². The summed E-state index contributed by atoms with van der Waals surface area (Å²) in [6, 6.07) is 19.8. The number of aryl methyl sites for hydroxylation is 1. The first kappa shape index (κ1) is 22.9. The van der Waals surface area contributed by atoms with Gasteiger partial charge in [0.1, 0.15) is 6.04 Å². The number of benzene rings is 3. The van der Waals surface area contributed by atoms with E-state index in [1.54, 1.807) is 48.5 Å². The van der Waals surface area contributed by atoms with Crippen LogP contribution in [0.1, 0.15) is 28.4 Å². The van der Waals surface area contributed by atoms with E-state index in [2.05, 4.69) is 0 Å². The largest absolute Gasteiger partial charge is 0.424 e. The van der Waals surface area contributed by atoms with Crippen molar-refractivity contribution in [2.45, 2.75) is 25.9 Å². The van der Waals surface area contributed by atoms with Crippen molar-refractivity contribution < 1.29 is 23.9 Å². The first-order valence-corrected chi connectivity index (χ1v) is 12.2. The van der Waals surface area contributed by atoms with Crippen LogP contribution in [-0.4, -0.2) is 35.7 Å². The van der Waals surface area contributed by atoms with Crippen LogP contribution in [0.5, 0.6) is 5.75 Å². The lowest BCUT2D eigenvalue weighted by Crippen LogP contribution is -2.49. The summed E-state index contributed by atoms with van der Waals surface area (Å²) in [6.45, 7) is 3.25. The molecule has 3 aromatic rings. The van der Waals surface area contributed by atoms with E-state index in [9.17, 15) is 19.2 Å². The van der Waals surface area contributed by atoms with Crippen LogP contribution in [0.4, 0.5) is 11.4 Å². The molecule has 3 aliphatic heterocycles. The van der Waals surface area contributed by atoms with Crippen LogP contribution in [0.3, 0.4) is 0 Å². The van der Waals surface area contributed by atoms with Gasteiger partial charge < -0.3 is 9.64 Å². The third-order valence-electron chi connectivity index (χ3n) is 7.36. The first-order chi connectivity index (χ1) is 17.9. The van der Waals surface area contributed by atoms with Gasteiger partial charge in [-0.05, 0) is 25.1 Å². The van der Waals surface area contributed by atoms with Gasteiger partial charge in [0, 0.05) is 18.1 Å². The Labute approximate surface area is 213 Å². The Morgan fingerprint density at radius 3 is 2.24 bits per heavy atom. The van der Waals surface area contributed by atoms with Gasteiger partial charge in [0.2, 0.25) is 11.8 Å². The highest BCUT2D eigenvalue weighted by molar-refractivity contribution is 6.25. The van der Waals surface area contributed by atoms with Crippen molar-refractivity contribution in [2.75, 3.05) is 9.80 Å². The first-order valence-electron chi connectivity index (χ1n) is 12.2. The molecule has 0 bridgehead atoms. The quantitative estimate of drug-likeness (QED) is 0.235. The van der Waals surface area contributed by atoms with Crippen LogP contribution in [0.15, 0.2) is 78.9 Å². The SMILES string of the molecule is CC(=O)Oc1cccc2c1N1[C@H](C=C2)[C@H]2C(=O)N(c3ccc(C)cc3)C(=O)[C@H]2[C@H]1C(=O)c1ccccc1. The van der Waals surface area contributed by atoms with E-state index in [0.717, 1.165) is 11.1 Å². The van der Waals surface area contributed by atoms with Crippen molar-refractivity contribution in [3.63, 3.8) is 0 Å². The highest BCUT2D eigenvalue weighted by Crippen LogP contribution is 2.52. The number of fused-ring (bicyclic) bond motifs is 5. The lowest BCUT2D eigenvalue weighted by molar-refractivity contribution is -0.132. The predicted molar refractivity (Wildman–Crippen MR) is 138 cm³/mol. The maximum atomic E-state index is 14.1. The number of amides is 2. The molecular weight excluding hydrogens is 468 g/mol. The Balaban J connectivity index is 1.52. The number of esters is 1. The zero-order chi connectivity index (χ0) is 25.8. The Morgan fingerprint density at radius 2 is 1.54 bits per heavy atom. The molecule has 0 N–H and O–H groups in total. The van der Waals surface area contributed by atoms with Gasteiger partial charge in [0.15, 0.2) is 11.5 Å². The molecule has 0 unspecified atom stereocenters. The van der Waals surface area contributed by atoms with Crippen molar-refractivity contribution in [1.82, 2.24) is 0 Å². The van der Waals surface area contributed by atoms with Crippen LogP contribution >= 0.6 is 0 Å². The molecule has 0 aliphatic carbocycles. The van der Waals surface area contributed by atoms with Crippen LogP contribution in [0.25, 0.3) is 6.08 Å². The molecule has 6 rings (SSSR count). The second-order valence-electron chi connectivity index (χ2n) is 9.62. The highest BCUT2D eigenvalue weighted by Gasteiger charge is 2.64. The zero-order valence-corrected chi connectivity index (χ0v) is 20.3. The van der Waals surface area contributed by atoms with E-state index >= 15 is 0 Å². The summed E-state index contributed by atoms with van der Waals surface area (Å²) in [6.07, 6.45) is 3.74. The monoisotopic (exact) mass is 492 g/mol. The van der Waals surface area contributed by atoms with Gasteiger partial charge in [-0.25, -0.2) is 4.90 Å². The van der Waals surface area contributed by atoms with Gasteiger partial charge >= 0.3 is 5.97 Å². The van der Waals surface area contributed by atoms with Gasteiger partial charge in [-0.1, -0.05) is 72.3 Å². The molecule has 2 amide bonds. The highest BCUT2D eigenvalue weighted by atomic mass is 16.5. The fourth-order valence-corrected chi connectivity index (χ4v) is 5.84. The van der Waals surface area contributed by atoms with Crippen molar-refractivity contribution in [2.24, 2.45) is 11.8 Å². The minimum atomic E-state index is -0.954. The standard InChI is InChI=1S/C30H24N2O5/c1-17-11-14-21(15-12-17)31-29(35)24-22-16-13-19-9-6-10-23(37-18(2)33)26(19)32(22)27(25(24)30(31)36)28(34)20-7-4-3-5-8-20/h3-16,22,24-25,27H,1-2H3/t22-,24-,25-,27+/m1/s1. The van der Waals surface area contributed by atoms with Gasteiger partial charge in [-0.15, -0.1) is 0 Å². The second-order valence-corrected chi connectivity index (χ2v) is 9.62. The number of para-hydroxylation sites is 1. The van der Waals surface area contributed by atoms with Crippen LogP contribution < -0.4 is 14.5 Å². The molecule has 7 heteroatoms. The van der Waals surface area contributed by atoms with Crippen molar-refractivity contribution >= 4 is 41.0 Å². The number of hydrogen-bond donors (Lipinski definition) is 0. The fraction of sp³-hybridized carbons (Fsp3) is 0.200. The van der Waals surface area contributed by atoms with E-state index in [1.807, 2.05) is 48.2 Å². The third kappa shape index (κ3) is 3.49. The number of rotatable bonds is 4. The molecule has 2 saturated heterocycles. The molecule has 2 fully saturated rings. The molecule has 3 heterocycles. The lowest BCUT2D eigenvalue weighted by Gasteiger charge is -2.37. The molecule has 7 nitrogen and oxygen atoms in total. The number of ketones is 1. The number of imide groups is 1. The molecule has 0 aromatic heterocycles. The number of ether oxygens (including phenoxy) is 1. The average Bonchev–Trinajstić information content (AvgIpc) is 3.37. The Bertz CT molecular complexity index is 1480. The number of Topliss-reactive ketones (excluding diaryl/α,β-unsaturated/α-hetero) is 1. The van der Waals surface area contributed by atoms with Crippen molar-refractivity contribution in [1.29, 1.82) is 0 Å². The smallest absolute Gasteiger partial charge is 0.308 e. The summed E-state index contributed by atoms with van der Waals surface area (Å²) in [4.78, 5) is 56.9.